The summed E-state index contributed by atoms with van der Waals surface area (Å²) in [7, 11) is 1.48. The van der Waals surface area contributed by atoms with Gasteiger partial charge in [0, 0.05) is 6.54 Å². The Morgan fingerprint density at radius 1 is 1.03 bits per heavy atom. The average Bonchev–Trinajstić information content (AvgIpc) is 2.77. The highest BCUT2D eigenvalue weighted by atomic mass is 19.1. The standard InChI is InChI=1S/C21H20F2N6O/c1-3-19(24-12-15-4-8-17(22)9-5-15)27-20-25-14-26-21(28-20)29(30-2)13-16-6-10-18(23)11-7-16/h1,4-11,14,19,24H,12-13H2,2H3,(H,25,26,27,28). The van der Waals surface area contributed by atoms with E-state index in [9.17, 15) is 8.78 Å². The molecule has 1 unspecified atom stereocenters. The Morgan fingerprint density at radius 3 is 2.27 bits per heavy atom. The molecule has 0 bridgehead atoms. The second-order valence-electron chi connectivity index (χ2n) is 6.21. The van der Waals surface area contributed by atoms with Gasteiger partial charge in [-0.15, -0.1) is 6.42 Å². The number of hydroxylamine groups is 1. The molecule has 0 amide bonds. The first-order valence-corrected chi connectivity index (χ1v) is 9.03. The summed E-state index contributed by atoms with van der Waals surface area (Å²) >= 11 is 0. The molecule has 0 radical (unpaired) electrons. The van der Waals surface area contributed by atoms with Crippen LogP contribution in [-0.2, 0) is 17.9 Å². The van der Waals surface area contributed by atoms with E-state index in [0.29, 0.717) is 13.1 Å². The highest BCUT2D eigenvalue weighted by Crippen LogP contribution is 2.14. The van der Waals surface area contributed by atoms with Crippen LogP contribution in [-0.4, -0.2) is 28.2 Å². The van der Waals surface area contributed by atoms with E-state index in [1.807, 2.05) is 0 Å². The smallest absolute Gasteiger partial charge is 0.254 e. The predicted molar refractivity (Wildman–Crippen MR) is 109 cm³/mol. The van der Waals surface area contributed by atoms with Gasteiger partial charge in [0.25, 0.3) is 5.95 Å². The molecule has 0 aliphatic heterocycles. The van der Waals surface area contributed by atoms with E-state index in [1.165, 1.54) is 42.8 Å². The molecule has 1 heterocycles. The topological polar surface area (TPSA) is 75.2 Å². The Balaban J connectivity index is 1.64. The molecule has 7 nitrogen and oxygen atoms in total. The van der Waals surface area contributed by atoms with Gasteiger partial charge in [-0.2, -0.15) is 9.97 Å². The molecule has 0 fully saturated rings. The number of hydrogen-bond donors (Lipinski definition) is 2. The van der Waals surface area contributed by atoms with Crippen LogP contribution >= 0.6 is 0 Å². The number of rotatable bonds is 9. The van der Waals surface area contributed by atoms with Gasteiger partial charge in [0.15, 0.2) is 0 Å². The fourth-order valence-corrected chi connectivity index (χ4v) is 2.55. The Labute approximate surface area is 173 Å². The number of nitrogens with one attached hydrogen (secondary N) is 2. The van der Waals surface area contributed by atoms with Crippen LogP contribution in [0, 0.1) is 24.0 Å². The molecular weight excluding hydrogens is 390 g/mol. The lowest BCUT2D eigenvalue weighted by Crippen LogP contribution is -2.35. The minimum atomic E-state index is -0.571. The van der Waals surface area contributed by atoms with E-state index >= 15 is 0 Å². The van der Waals surface area contributed by atoms with Crippen molar-refractivity contribution in [2.75, 3.05) is 17.5 Å². The van der Waals surface area contributed by atoms with E-state index in [-0.39, 0.29) is 23.5 Å². The van der Waals surface area contributed by atoms with Crippen LogP contribution in [0.5, 0.6) is 0 Å². The van der Waals surface area contributed by atoms with Gasteiger partial charge in [-0.05, 0) is 35.4 Å². The number of anilines is 2. The van der Waals surface area contributed by atoms with Crippen LogP contribution in [0.25, 0.3) is 0 Å². The fourth-order valence-electron chi connectivity index (χ4n) is 2.55. The summed E-state index contributed by atoms with van der Waals surface area (Å²) in [5.41, 5.74) is 1.69. The maximum absolute atomic E-state index is 13.1. The van der Waals surface area contributed by atoms with E-state index in [4.69, 9.17) is 11.3 Å². The number of hydrogen-bond acceptors (Lipinski definition) is 7. The van der Waals surface area contributed by atoms with Crippen LogP contribution in [0.4, 0.5) is 20.7 Å². The number of halogens is 2. The highest BCUT2D eigenvalue weighted by Gasteiger charge is 2.13. The fraction of sp³-hybridized carbons (Fsp3) is 0.190. The number of aromatic nitrogens is 3. The maximum Gasteiger partial charge on any atom is 0.254 e. The highest BCUT2D eigenvalue weighted by molar-refractivity contribution is 5.36. The van der Waals surface area contributed by atoms with E-state index < -0.39 is 6.17 Å². The molecule has 154 valence electrons. The summed E-state index contributed by atoms with van der Waals surface area (Å²) in [5.74, 6) is 2.45. The molecule has 2 aromatic carbocycles. The minimum absolute atomic E-state index is 0.246. The van der Waals surface area contributed by atoms with Crippen molar-refractivity contribution in [2.24, 2.45) is 0 Å². The van der Waals surface area contributed by atoms with Gasteiger partial charge in [-0.25, -0.2) is 18.8 Å². The Kier molecular flexibility index (Phi) is 7.21. The van der Waals surface area contributed by atoms with E-state index in [0.717, 1.165) is 11.1 Å². The quantitative estimate of drug-likeness (QED) is 0.319. The molecule has 0 spiro atoms. The van der Waals surface area contributed by atoms with Crippen LogP contribution < -0.4 is 15.7 Å². The molecule has 0 saturated carbocycles. The molecule has 2 N–H and O–H groups in total. The summed E-state index contributed by atoms with van der Waals surface area (Å²) in [6.07, 6.45) is 6.33. The maximum atomic E-state index is 13.1. The summed E-state index contributed by atoms with van der Waals surface area (Å²) in [6, 6.07) is 12.1. The zero-order chi connectivity index (χ0) is 21.3. The van der Waals surface area contributed by atoms with Crippen molar-refractivity contribution in [3.8, 4) is 12.3 Å². The van der Waals surface area contributed by atoms with Crippen molar-refractivity contribution >= 4 is 11.9 Å². The van der Waals surface area contributed by atoms with Crippen LogP contribution in [0.1, 0.15) is 11.1 Å². The normalized spacial score (nSPS) is 11.5. The summed E-state index contributed by atoms with van der Waals surface area (Å²) in [5, 5.41) is 7.54. The van der Waals surface area contributed by atoms with Gasteiger partial charge in [0.2, 0.25) is 5.95 Å². The molecule has 3 rings (SSSR count). The van der Waals surface area contributed by atoms with E-state index in [1.54, 1.807) is 24.3 Å². The number of benzene rings is 2. The molecular formula is C21H20F2N6O. The van der Waals surface area contributed by atoms with Gasteiger partial charge >= 0.3 is 0 Å². The van der Waals surface area contributed by atoms with Crippen molar-refractivity contribution < 1.29 is 13.6 Å². The molecule has 30 heavy (non-hydrogen) atoms. The average molecular weight is 410 g/mol. The zero-order valence-electron chi connectivity index (χ0n) is 16.2. The monoisotopic (exact) mass is 410 g/mol. The summed E-state index contributed by atoms with van der Waals surface area (Å²) in [4.78, 5) is 17.9. The van der Waals surface area contributed by atoms with Crippen molar-refractivity contribution in [2.45, 2.75) is 19.3 Å². The SMILES string of the molecule is C#CC(NCc1ccc(F)cc1)Nc1ncnc(N(Cc2ccc(F)cc2)OC)n1. The lowest BCUT2D eigenvalue weighted by molar-refractivity contribution is 0.158. The summed E-state index contributed by atoms with van der Waals surface area (Å²) < 4.78 is 26.1. The van der Waals surface area contributed by atoms with Crippen LogP contribution in [0.3, 0.4) is 0 Å². The lowest BCUT2D eigenvalue weighted by Gasteiger charge is -2.20. The molecule has 0 saturated heterocycles. The van der Waals surface area contributed by atoms with Crippen molar-refractivity contribution in [1.29, 1.82) is 0 Å². The van der Waals surface area contributed by atoms with Gasteiger partial charge < -0.3 is 5.32 Å². The third-order valence-electron chi connectivity index (χ3n) is 4.11. The second kappa shape index (κ2) is 10.2. The molecule has 9 heteroatoms. The first-order valence-electron chi connectivity index (χ1n) is 9.03. The Morgan fingerprint density at radius 2 is 1.67 bits per heavy atom. The molecule has 1 aromatic heterocycles. The Hall–Kier alpha value is -3.61. The molecule has 3 aromatic rings. The van der Waals surface area contributed by atoms with Gasteiger partial charge in [-0.1, -0.05) is 30.2 Å². The lowest BCUT2D eigenvalue weighted by atomic mass is 10.2. The Bertz CT molecular complexity index is 992. The first kappa shape index (κ1) is 21.1. The predicted octanol–water partition coefficient (Wildman–Crippen LogP) is 2.88. The largest absolute Gasteiger partial charge is 0.328 e. The van der Waals surface area contributed by atoms with Crippen molar-refractivity contribution in [1.82, 2.24) is 20.3 Å². The van der Waals surface area contributed by atoms with Crippen molar-refractivity contribution in [3.05, 3.63) is 77.6 Å². The van der Waals surface area contributed by atoms with Crippen LogP contribution in [0.2, 0.25) is 0 Å². The number of nitrogens with zero attached hydrogens (tertiary/aromatic N) is 4. The first-order chi connectivity index (χ1) is 14.6. The zero-order valence-corrected chi connectivity index (χ0v) is 16.2. The summed E-state index contributed by atoms with van der Waals surface area (Å²) in [6.45, 7) is 0.733. The molecule has 0 aliphatic carbocycles. The third kappa shape index (κ3) is 5.94. The molecule has 1 atom stereocenters. The van der Waals surface area contributed by atoms with Crippen molar-refractivity contribution in [3.63, 3.8) is 0 Å². The third-order valence-corrected chi connectivity index (χ3v) is 4.11. The molecule has 0 aliphatic rings. The minimum Gasteiger partial charge on any atom is -0.328 e. The van der Waals surface area contributed by atoms with E-state index in [2.05, 4.69) is 31.5 Å². The second-order valence-corrected chi connectivity index (χ2v) is 6.21. The van der Waals surface area contributed by atoms with Gasteiger partial charge in [-0.3, -0.25) is 10.2 Å². The van der Waals surface area contributed by atoms with Crippen LogP contribution in [0.15, 0.2) is 54.9 Å². The number of terminal acetylenes is 1. The van der Waals surface area contributed by atoms with Gasteiger partial charge in [0.1, 0.15) is 24.1 Å². The van der Waals surface area contributed by atoms with Gasteiger partial charge in [0.05, 0.1) is 13.7 Å².